The summed E-state index contributed by atoms with van der Waals surface area (Å²) in [4.78, 5) is 31.6. The van der Waals surface area contributed by atoms with E-state index in [1.54, 1.807) is 25.1 Å². The Labute approximate surface area is 166 Å². The lowest BCUT2D eigenvalue weighted by Gasteiger charge is -2.37. The normalized spacial score (nSPS) is 18.7. The van der Waals surface area contributed by atoms with Crippen LogP contribution >= 0.6 is 0 Å². The Morgan fingerprint density at radius 1 is 1.28 bits per heavy atom. The van der Waals surface area contributed by atoms with Crippen LogP contribution in [0.3, 0.4) is 0 Å². The molecule has 3 heterocycles. The summed E-state index contributed by atoms with van der Waals surface area (Å²) in [7, 11) is 0. The molecule has 0 saturated carbocycles. The maximum Gasteiger partial charge on any atom is 0.412 e. The van der Waals surface area contributed by atoms with Crippen molar-refractivity contribution in [2.24, 2.45) is 0 Å². The van der Waals surface area contributed by atoms with E-state index >= 15 is 0 Å². The number of carbonyl (C=O) groups excluding carboxylic acids is 1. The second-order valence-electron chi connectivity index (χ2n) is 7.30. The number of β-amino-alcohol motifs (C(OH)–C–C–N with tert-alkyl or cyclic N) is 1. The van der Waals surface area contributed by atoms with E-state index in [-0.39, 0.29) is 55.1 Å². The Bertz CT molecular complexity index is 959. The number of hydrogen-bond acceptors (Lipinski definition) is 5. The minimum Gasteiger partial charge on any atom is -0.474 e. The van der Waals surface area contributed by atoms with Crippen LogP contribution in [0.15, 0.2) is 30.3 Å². The van der Waals surface area contributed by atoms with Crippen LogP contribution in [0.4, 0.5) is 14.9 Å². The van der Waals surface area contributed by atoms with E-state index in [0.717, 1.165) is 5.56 Å². The highest BCUT2D eigenvalue weighted by Gasteiger charge is 2.35. The molecule has 0 aliphatic carbocycles. The Balaban J connectivity index is 1.77. The third-order valence-electron chi connectivity index (χ3n) is 5.08. The molecule has 2 N–H and O–H groups in total. The van der Waals surface area contributed by atoms with Crippen molar-refractivity contribution >= 4 is 17.7 Å². The molecular weight excluding hydrogens is 381 g/mol. The molecule has 2 amide bonds. The maximum absolute atomic E-state index is 13.3. The van der Waals surface area contributed by atoms with Crippen LogP contribution in [0.1, 0.15) is 28.5 Å². The maximum atomic E-state index is 13.3. The van der Waals surface area contributed by atoms with Crippen LogP contribution in [-0.2, 0) is 6.42 Å². The predicted octanol–water partition coefficient (Wildman–Crippen LogP) is 1.89. The molecule has 152 valence electrons. The molecule has 0 bridgehead atoms. The molecule has 29 heavy (non-hydrogen) atoms. The predicted molar refractivity (Wildman–Crippen MR) is 101 cm³/mol. The van der Waals surface area contributed by atoms with Crippen molar-refractivity contribution in [1.82, 2.24) is 9.88 Å². The van der Waals surface area contributed by atoms with Crippen LogP contribution in [0.2, 0.25) is 0 Å². The van der Waals surface area contributed by atoms with Gasteiger partial charge in [-0.25, -0.2) is 14.2 Å². The Hall–Kier alpha value is -3.20. The topological polar surface area (TPSA) is 103 Å². The molecule has 2 aromatic rings. The van der Waals surface area contributed by atoms with E-state index in [1.165, 1.54) is 21.9 Å². The number of likely N-dealkylation sites (tertiary alicyclic amines) is 1. The number of pyridine rings is 1. The fourth-order valence-electron chi connectivity index (χ4n) is 3.52. The van der Waals surface area contributed by atoms with Gasteiger partial charge in [0.25, 0.3) is 5.91 Å². The fourth-order valence-corrected chi connectivity index (χ4v) is 3.52. The lowest BCUT2D eigenvalue weighted by Crippen LogP contribution is -2.54. The molecule has 2 aliphatic heterocycles. The number of benzene rings is 1. The molecular formula is C20H20FN3O5. The lowest BCUT2D eigenvalue weighted by molar-refractivity contribution is 0.00537. The molecule has 4 rings (SSSR count). The highest BCUT2D eigenvalue weighted by molar-refractivity contribution is 5.96. The van der Waals surface area contributed by atoms with Gasteiger partial charge in [0.05, 0.1) is 12.1 Å². The van der Waals surface area contributed by atoms with E-state index in [4.69, 9.17) is 4.74 Å². The van der Waals surface area contributed by atoms with Gasteiger partial charge >= 0.3 is 6.09 Å². The number of fused-ring (bicyclic) bond motifs is 1. The first kappa shape index (κ1) is 19.1. The van der Waals surface area contributed by atoms with Gasteiger partial charge in [0.2, 0.25) is 5.88 Å². The molecule has 9 heteroatoms. The molecule has 0 radical (unpaired) electrons. The zero-order valence-corrected chi connectivity index (χ0v) is 15.7. The molecule has 1 atom stereocenters. The number of rotatable bonds is 3. The third kappa shape index (κ3) is 3.61. The van der Waals surface area contributed by atoms with Gasteiger partial charge in [-0.15, -0.1) is 0 Å². The minimum absolute atomic E-state index is 0.0813. The Morgan fingerprint density at radius 3 is 2.59 bits per heavy atom. The van der Waals surface area contributed by atoms with Crippen LogP contribution in [-0.4, -0.2) is 63.9 Å². The van der Waals surface area contributed by atoms with Gasteiger partial charge in [0.15, 0.2) is 0 Å². The van der Waals surface area contributed by atoms with Gasteiger partial charge in [-0.1, -0.05) is 12.1 Å². The molecule has 1 saturated heterocycles. The molecule has 1 aromatic heterocycles. The summed E-state index contributed by atoms with van der Waals surface area (Å²) in [6, 6.07) is 7.04. The van der Waals surface area contributed by atoms with Gasteiger partial charge in [-0.05, 0) is 42.7 Å². The first-order chi connectivity index (χ1) is 13.8. The summed E-state index contributed by atoms with van der Waals surface area (Å²) in [5, 5.41) is 19.1. The highest BCUT2D eigenvalue weighted by atomic mass is 19.1. The standard InChI is InChI=1S/C20H20FN3O5/c1-11-10-29-18-16(24(11)20(27)28)7-13(6-12-2-4-14(21)5-3-12)17(22-18)19(26)23-8-15(25)9-23/h2-5,7,11,15,25H,6,8-10H2,1H3,(H,27,28)/t11-/m0/s1. The zero-order valence-electron chi connectivity index (χ0n) is 15.7. The summed E-state index contributed by atoms with van der Waals surface area (Å²) in [6.45, 7) is 2.27. The number of ether oxygens (including phenoxy) is 1. The Kier molecular flexibility index (Phi) is 4.83. The molecule has 0 unspecified atom stereocenters. The number of aromatic nitrogens is 1. The number of aliphatic hydroxyl groups excluding tert-OH is 1. The second kappa shape index (κ2) is 7.32. The van der Waals surface area contributed by atoms with E-state index in [9.17, 15) is 24.2 Å². The number of halogens is 1. The van der Waals surface area contributed by atoms with E-state index in [0.29, 0.717) is 5.56 Å². The number of hydrogen-bond donors (Lipinski definition) is 2. The number of carboxylic acid groups (broad SMARTS) is 1. The van der Waals surface area contributed by atoms with E-state index in [1.807, 2.05) is 0 Å². The number of nitrogens with zero attached hydrogens (tertiary/aromatic N) is 3. The number of anilines is 1. The average molecular weight is 401 g/mol. The largest absolute Gasteiger partial charge is 0.474 e. The lowest BCUT2D eigenvalue weighted by atomic mass is 10.0. The summed E-state index contributed by atoms with van der Waals surface area (Å²) in [6.07, 6.45) is -1.43. The van der Waals surface area contributed by atoms with Crippen molar-refractivity contribution in [3.63, 3.8) is 0 Å². The zero-order chi connectivity index (χ0) is 20.7. The van der Waals surface area contributed by atoms with Gasteiger partial charge in [-0.3, -0.25) is 9.69 Å². The molecule has 1 fully saturated rings. The van der Waals surface area contributed by atoms with Gasteiger partial charge in [0, 0.05) is 13.1 Å². The molecule has 2 aliphatic rings. The van der Waals surface area contributed by atoms with Crippen LogP contribution in [0.25, 0.3) is 0 Å². The first-order valence-corrected chi connectivity index (χ1v) is 9.24. The van der Waals surface area contributed by atoms with E-state index < -0.39 is 18.2 Å². The SMILES string of the molecule is C[C@H]1COc2nc(C(=O)N3CC(O)C3)c(Cc3ccc(F)cc3)cc2N1C(=O)O. The van der Waals surface area contributed by atoms with Crippen molar-refractivity contribution < 1.29 is 28.9 Å². The van der Waals surface area contributed by atoms with Gasteiger partial charge in [-0.2, -0.15) is 0 Å². The highest BCUT2D eigenvalue weighted by Crippen LogP contribution is 2.35. The van der Waals surface area contributed by atoms with E-state index in [2.05, 4.69) is 4.98 Å². The first-order valence-electron chi connectivity index (χ1n) is 9.24. The van der Waals surface area contributed by atoms with Crippen LogP contribution in [0.5, 0.6) is 5.88 Å². The van der Waals surface area contributed by atoms with Crippen molar-refractivity contribution in [3.05, 3.63) is 53.0 Å². The second-order valence-corrected chi connectivity index (χ2v) is 7.30. The number of carbonyl (C=O) groups is 2. The fraction of sp³-hybridized carbons (Fsp3) is 0.350. The average Bonchev–Trinajstić information content (AvgIpc) is 2.66. The number of aliphatic hydroxyl groups is 1. The summed E-state index contributed by atoms with van der Waals surface area (Å²) in [5.74, 6) is -0.653. The Morgan fingerprint density at radius 2 is 1.97 bits per heavy atom. The van der Waals surface area contributed by atoms with Crippen molar-refractivity contribution in [1.29, 1.82) is 0 Å². The van der Waals surface area contributed by atoms with Crippen molar-refractivity contribution in [2.75, 3.05) is 24.6 Å². The van der Waals surface area contributed by atoms with Crippen molar-refractivity contribution in [2.45, 2.75) is 25.5 Å². The van der Waals surface area contributed by atoms with Gasteiger partial charge in [0.1, 0.15) is 23.8 Å². The summed E-state index contributed by atoms with van der Waals surface area (Å²) in [5.41, 5.74) is 1.66. The third-order valence-corrected chi connectivity index (χ3v) is 5.08. The monoisotopic (exact) mass is 401 g/mol. The quantitative estimate of drug-likeness (QED) is 0.814. The van der Waals surface area contributed by atoms with Crippen molar-refractivity contribution in [3.8, 4) is 5.88 Å². The molecule has 1 aromatic carbocycles. The molecule has 0 spiro atoms. The summed E-state index contributed by atoms with van der Waals surface area (Å²) >= 11 is 0. The smallest absolute Gasteiger partial charge is 0.412 e. The van der Waals surface area contributed by atoms with Crippen LogP contribution in [0, 0.1) is 5.82 Å². The minimum atomic E-state index is -1.14. The van der Waals surface area contributed by atoms with Crippen LogP contribution < -0.4 is 9.64 Å². The van der Waals surface area contributed by atoms with Gasteiger partial charge < -0.3 is 19.8 Å². The molecule has 8 nitrogen and oxygen atoms in total. The summed E-state index contributed by atoms with van der Waals surface area (Å²) < 4.78 is 18.8. The number of amides is 2.